The molecule has 5 aromatic heterocycles. The van der Waals surface area contributed by atoms with Gasteiger partial charge in [0.25, 0.3) is 0 Å². The first-order chi connectivity index (χ1) is 46.2. The molecule has 0 aliphatic rings. The second-order valence-electron chi connectivity index (χ2n) is 25.1. The molecule has 0 saturated carbocycles. The van der Waals surface area contributed by atoms with Gasteiger partial charge in [-0.25, -0.2) is 0 Å². The molecular formula is C89H67N5. The van der Waals surface area contributed by atoms with Gasteiger partial charge in [-0.1, -0.05) is 255 Å². The van der Waals surface area contributed by atoms with E-state index >= 15 is 0 Å². The van der Waals surface area contributed by atoms with Crippen LogP contribution in [0, 0.1) is 0 Å². The zero-order valence-electron chi connectivity index (χ0n) is 53.3. The molecule has 0 N–H and O–H groups in total. The minimum absolute atomic E-state index is 1.29. The molecule has 448 valence electrons. The lowest BCUT2D eigenvalue weighted by molar-refractivity contribution is 1.01. The fraction of sp³-hybridized carbons (Fsp3) is 0.0562. The molecule has 21 aromatic rings. The van der Waals surface area contributed by atoms with Crippen LogP contribution in [0.1, 0.15) is 0 Å². The molecule has 0 aliphatic heterocycles. The first-order valence-corrected chi connectivity index (χ1v) is 32.4. The average molecular weight is 1210 g/mol. The molecule has 94 heavy (non-hydrogen) atoms. The van der Waals surface area contributed by atoms with E-state index in [9.17, 15) is 0 Å². The third kappa shape index (κ3) is 9.22. The molecule has 0 atom stereocenters. The average Bonchev–Trinajstić information content (AvgIpc) is 1.60. The third-order valence-electron chi connectivity index (χ3n) is 19.9. The normalized spacial score (nSPS) is 11.7. The molecule has 0 saturated heterocycles. The standard InChI is InChI=1S/2C21H15N.2C17H13N.C13H11N/c1-22-20-12-16-8-4-2-6-14(16)10-18(20)19-11-15-7-3-5-9-17(15)13-21(19)22;1-22-20-16-8-4-2-6-14(16)10-12-18(20)19-13-11-15-7-3-5-9-17(15)21(19)22;1-18-16-9-5-4-8-14(16)15-10-12-6-2-3-7-13(12)11-17(15)18;1-18-16-9-5-4-8-14(16)15-11-10-12-6-2-3-7-13(12)17(15)18;1-14-12-8-4-2-6-10(12)11-7-3-5-9-13(11)14/h2*2-13H,1H3;2*2-11H,1H3;2-9H,1H3. The van der Waals surface area contributed by atoms with E-state index in [1.165, 1.54) is 174 Å². The lowest BCUT2D eigenvalue weighted by Gasteiger charge is -2.04. The van der Waals surface area contributed by atoms with Gasteiger partial charge in [0.15, 0.2) is 0 Å². The number of nitrogens with zero attached hydrogens (tertiary/aromatic N) is 5. The predicted molar refractivity (Wildman–Crippen MR) is 407 cm³/mol. The van der Waals surface area contributed by atoms with Gasteiger partial charge in [-0.2, -0.15) is 0 Å². The summed E-state index contributed by atoms with van der Waals surface area (Å²) < 4.78 is 11.5. The fourth-order valence-electron chi connectivity index (χ4n) is 15.3. The van der Waals surface area contributed by atoms with Gasteiger partial charge in [0.2, 0.25) is 0 Å². The number of aryl methyl sites for hydroxylation is 5. The smallest absolute Gasteiger partial charge is 0.0568 e. The van der Waals surface area contributed by atoms with Crippen molar-refractivity contribution in [2.24, 2.45) is 35.2 Å². The molecule has 0 amide bonds. The van der Waals surface area contributed by atoms with Crippen molar-refractivity contribution in [1.82, 2.24) is 22.8 Å². The van der Waals surface area contributed by atoms with Gasteiger partial charge in [-0.15, -0.1) is 0 Å². The van der Waals surface area contributed by atoms with Crippen LogP contribution in [-0.4, -0.2) is 22.8 Å². The molecule has 0 spiro atoms. The minimum atomic E-state index is 1.29. The quantitative estimate of drug-likeness (QED) is 0.145. The molecule has 21 rings (SSSR count). The van der Waals surface area contributed by atoms with Gasteiger partial charge >= 0.3 is 0 Å². The van der Waals surface area contributed by atoms with Gasteiger partial charge in [0.1, 0.15) is 0 Å². The summed E-state index contributed by atoms with van der Waals surface area (Å²) in [6.07, 6.45) is 0. The highest BCUT2D eigenvalue weighted by molar-refractivity contribution is 6.23. The summed E-state index contributed by atoms with van der Waals surface area (Å²) in [5, 5.41) is 29.0. The van der Waals surface area contributed by atoms with E-state index < -0.39 is 0 Å². The second kappa shape index (κ2) is 22.8. The third-order valence-corrected chi connectivity index (χ3v) is 19.9. The zero-order valence-corrected chi connectivity index (χ0v) is 53.3. The highest BCUT2D eigenvalue weighted by Crippen LogP contribution is 2.39. The van der Waals surface area contributed by atoms with Gasteiger partial charge < -0.3 is 22.8 Å². The van der Waals surface area contributed by atoms with Gasteiger partial charge in [0.05, 0.1) is 16.6 Å². The summed E-state index contributed by atoms with van der Waals surface area (Å²) in [6.45, 7) is 0. The SMILES string of the molecule is Cn1c2c3ccccc3ccc2c2ccc3ccccc3c21.Cn1c2cc3ccccc3cc2c2cc3ccccc3cc21.Cn1c2ccccc2c2cc3ccccc3cc21.Cn1c2ccccc2c2ccc3ccccc3c21.Cn1c2ccccc2c2ccccc21. The van der Waals surface area contributed by atoms with E-state index in [0.29, 0.717) is 0 Å². The van der Waals surface area contributed by atoms with E-state index in [-0.39, 0.29) is 0 Å². The van der Waals surface area contributed by atoms with E-state index in [2.05, 4.69) is 374 Å². The lowest BCUT2D eigenvalue weighted by Crippen LogP contribution is -1.88. The van der Waals surface area contributed by atoms with E-state index in [0.717, 1.165) is 0 Å². The van der Waals surface area contributed by atoms with Crippen molar-refractivity contribution in [3.63, 3.8) is 0 Å². The molecule has 0 bridgehead atoms. The number of fused-ring (bicyclic) bond motifs is 24. The van der Waals surface area contributed by atoms with Crippen molar-refractivity contribution in [2.75, 3.05) is 0 Å². The Kier molecular flexibility index (Phi) is 13.6. The Hall–Kier alpha value is -11.9. The van der Waals surface area contributed by atoms with Crippen LogP contribution < -0.4 is 0 Å². The second-order valence-corrected chi connectivity index (χ2v) is 25.1. The van der Waals surface area contributed by atoms with Crippen LogP contribution in [0.5, 0.6) is 0 Å². The van der Waals surface area contributed by atoms with Crippen molar-refractivity contribution in [3.05, 3.63) is 315 Å². The number of aromatic nitrogens is 5. The van der Waals surface area contributed by atoms with Crippen molar-refractivity contribution in [2.45, 2.75) is 0 Å². The molecule has 5 nitrogen and oxygen atoms in total. The number of rotatable bonds is 0. The largest absolute Gasteiger partial charge is 0.344 e. The Labute approximate surface area is 544 Å². The van der Waals surface area contributed by atoms with Crippen LogP contribution in [0.2, 0.25) is 0 Å². The highest BCUT2D eigenvalue weighted by atomic mass is 15.0. The Morgan fingerprint density at radius 3 is 0.702 bits per heavy atom. The first kappa shape index (κ1) is 56.1. The minimum Gasteiger partial charge on any atom is -0.344 e. The maximum absolute atomic E-state index is 2.36. The van der Waals surface area contributed by atoms with Crippen LogP contribution in [0.4, 0.5) is 0 Å². The number of hydrogen-bond donors (Lipinski definition) is 0. The summed E-state index contributed by atoms with van der Waals surface area (Å²) in [6, 6.07) is 113. The predicted octanol–water partition coefficient (Wildman–Crippen LogP) is 23.6. The van der Waals surface area contributed by atoms with Crippen LogP contribution in [0.3, 0.4) is 0 Å². The molecule has 0 fully saturated rings. The van der Waals surface area contributed by atoms with Crippen molar-refractivity contribution in [1.29, 1.82) is 0 Å². The molecule has 5 heteroatoms. The Morgan fingerprint density at radius 1 is 0.138 bits per heavy atom. The van der Waals surface area contributed by atoms with Crippen molar-refractivity contribution < 1.29 is 0 Å². The summed E-state index contributed by atoms with van der Waals surface area (Å²) in [7, 11) is 10.7. The van der Waals surface area contributed by atoms with Gasteiger partial charge in [-0.3, -0.25) is 0 Å². The molecule has 0 radical (unpaired) electrons. The van der Waals surface area contributed by atoms with Crippen molar-refractivity contribution in [3.8, 4) is 0 Å². The van der Waals surface area contributed by atoms with E-state index in [4.69, 9.17) is 0 Å². The van der Waals surface area contributed by atoms with Gasteiger partial charge in [-0.05, 0) is 109 Å². The fourth-order valence-corrected chi connectivity index (χ4v) is 15.3. The maximum atomic E-state index is 2.36. The van der Waals surface area contributed by atoms with Crippen molar-refractivity contribution >= 4 is 174 Å². The highest BCUT2D eigenvalue weighted by Gasteiger charge is 2.16. The number of para-hydroxylation sites is 4. The summed E-state index contributed by atoms with van der Waals surface area (Å²) >= 11 is 0. The summed E-state index contributed by atoms with van der Waals surface area (Å²) in [5.41, 5.74) is 13.1. The first-order valence-electron chi connectivity index (χ1n) is 32.4. The molecule has 16 aromatic carbocycles. The summed E-state index contributed by atoms with van der Waals surface area (Å²) in [5.74, 6) is 0. The monoisotopic (exact) mass is 1210 g/mol. The summed E-state index contributed by atoms with van der Waals surface area (Å²) in [4.78, 5) is 0. The van der Waals surface area contributed by atoms with Gasteiger partial charge in [0, 0.05) is 144 Å². The van der Waals surface area contributed by atoms with Crippen LogP contribution >= 0.6 is 0 Å². The van der Waals surface area contributed by atoms with Crippen LogP contribution in [0.15, 0.2) is 315 Å². The molecular weight excluding hydrogens is 1140 g/mol. The van der Waals surface area contributed by atoms with E-state index in [1.54, 1.807) is 0 Å². The number of hydrogen-bond acceptors (Lipinski definition) is 0. The maximum Gasteiger partial charge on any atom is 0.0568 e. The Bertz CT molecular complexity index is 6300. The van der Waals surface area contributed by atoms with E-state index in [1.807, 2.05) is 0 Å². The van der Waals surface area contributed by atoms with Crippen LogP contribution in [-0.2, 0) is 35.2 Å². The Morgan fingerprint density at radius 2 is 0.351 bits per heavy atom. The Balaban J connectivity index is 0.0000000901. The topological polar surface area (TPSA) is 24.6 Å². The zero-order chi connectivity index (χ0) is 63.1. The molecule has 0 aliphatic carbocycles. The number of benzene rings is 16. The van der Waals surface area contributed by atoms with Crippen LogP contribution in [0.25, 0.3) is 174 Å². The molecule has 0 unspecified atom stereocenters. The molecule has 5 heterocycles. The lowest BCUT2D eigenvalue weighted by atomic mass is 10.0.